The van der Waals surface area contributed by atoms with Gasteiger partial charge in [-0.05, 0) is 24.3 Å². The summed E-state index contributed by atoms with van der Waals surface area (Å²) in [6.07, 6.45) is 0.516. The van der Waals surface area contributed by atoms with E-state index in [4.69, 9.17) is 5.73 Å². The Morgan fingerprint density at radius 3 is 2.84 bits per heavy atom. The van der Waals surface area contributed by atoms with Gasteiger partial charge in [0.05, 0.1) is 17.9 Å². The third kappa shape index (κ3) is 4.54. The first kappa shape index (κ1) is 17.4. The lowest BCUT2D eigenvalue weighted by Crippen LogP contribution is -2.13. The summed E-state index contributed by atoms with van der Waals surface area (Å²) in [5.41, 5.74) is 6.76. The number of primary amides is 1. The molecule has 2 aromatic heterocycles. The average Bonchev–Trinajstić information content (AvgIpc) is 3.16. The zero-order chi connectivity index (χ0) is 17.8. The number of carbonyl (C=O) groups excluding carboxylic acids is 1. The van der Waals surface area contributed by atoms with E-state index in [1.807, 2.05) is 17.0 Å². The molecule has 0 saturated carbocycles. The van der Waals surface area contributed by atoms with Gasteiger partial charge >= 0.3 is 0 Å². The van der Waals surface area contributed by atoms with Crippen molar-refractivity contribution in [2.75, 3.05) is 11.1 Å². The van der Waals surface area contributed by atoms with Crippen molar-refractivity contribution in [1.29, 1.82) is 0 Å². The Balaban J connectivity index is 1.65. The quantitative estimate of drug-likeness (QED) is 0.612. The Morgan fingerprint density at radius 1 is 1.36 bits per heavy atom. The fourth-order valence-corrected chi connectivity index (χ4v) is 3.42. The standard InChI is InChI=1S/C15H15FN6OS2/c1-22-13(20-21-15(22)25-8-12(17)23)6-11-7-24-14(19-11)18-10-4-2-9(16)3-5-10/h2-5,7H,6,8H2,1H3,(H2,17,23)(H,18,19). The molecule has 0 saturated heterocycles. The van der Waals surface area contributed by atoms with Crippen molar-refractivity contribution in [3.63, 3.8) is 0 Å². The summed E-state index contributed by atoms with van der Waals surface area (Å²) in [5, 5.41) is 14.6. The van der Waals surface area contributed by atoms with Crippen molar-refractivity contribution in [3.05, 3.63) is 47.0 Å². The van der Waals surface area contributed by atoms with E-state index in [-0.39, 0.29) is 11.6 Å². The molecule has 0 unspecified atom stereocenters. The van der Waals surface area contributed by atoms with Crippen molar-refractivity contribution in [2.45, 2.75) is 11.6 Å². The third-order valence-electron chi connectivity index (χ3n) is 3.26. The fraction of sp³-hybridized carbons (Fsp3) is 0.200. The number of benzene rings is 1. The predicted molar refractivity (Wildman–Crippen MR) is 95.5 cm³/mol. The van der Waals surface area contributed by atoms with Gasteiger partial charge in [0, 0.05) is 18.1 Å². The average molecular weight is 378 g/mol. The van der Waals surface area contributed by atoms with Crippen LogP contribution in [0.25, 0.3) is 0 Å². The number of nitrogens with one attached hydrogen (secondary N) is 1. The summed E-state index contributed by atoms with van der Waals surface area (Å²) >= 11 is 2.70. The van der Waals surface area contributed by atoms with Gasteiger partial charge in [-0.3, -0.25) is 4.79 Å². The summed E-state index contributed by atoms with van der Waals surface area (Å²) in [6.45, 7) is 0. The molecule has 0 bridgehead atoms. The van der Waals surface area contributed by atoms with E-state index in [1.54, 1.807) is 12.1 Å². The van der Waals surface area contributed by atoms with E-state index in [2.05, 4.69) is 20.5 Å². The van der Waals surface area contributed by atoms with Gasteiger partial charge in [0.1, 0.15) is 11.6 Å². The minimum Gasteiger partial charge on any atom is -0.369 e. The van der Waals surface area contributed by atoms with Gasteiger partial charge in [-0.1, -0.05) is 11.8 Å². The van der Waals surface area contributed by atoms with Gasteiger partial charge in [-0.2, -0.15) is 0 Å². The highest BCUT2D eigenvalue weighted by Crippen LogP contribution is 2.23. The molecule has 10 heteroatoms. The largest absolute Gasteiger partial charge is 0.369 e. The molecule has 0 aliphatic heterocycles. The second-order valence-electron chi connectivity index (χ2n) is 5.17. The number of amides is 1. The van der Waals surface area contributed by atoms with E-state index in [9.17, 15) is 9.18 Å². The van der Waals surface area contributed by atoms with Gasteiger partial charge < -0.3 is 15.6 Å². The van der Waals surface area contributed by atoms with Gasteiger partial charge in [-0.25, -0.2) is 9.37 Å². The van der Waals surface area contributed by atoms with E-state index in [0.717, 1.165) is 17.2 Å². The Hall–Kier alpha value is -2.46. The maximum absolute atomic E-state index is 12.9. The van der Waals surface area contributed by atoms with Crippen LogP contribution in [0.15, 0.2) is 34.8 Å². The minimum atomic E-state index is -0.398. The van der Waals surface area contributed by atoms with E-state index in [0.29, 0.717) is 16.7 Å². The monoisotopic (exact) mass is 378 g/mol. The zero-order valence-electron chi connectivity index (χ0n) is 13.3. The molecule has 0 atom stereocenters. The van der Waals surface area contributed by atoms with Crippen LogP contribution in [0.1, 0.15) is 11.5 Å². The van der Waals surface area contributed by atoms with Crippen LogP contribution in [-0.4, -0.2) is 31.4 Å². The van der Waals surface area contributed by atoms with Crippen molar-refractivity contribution < 1.29 is 9.18 Å². The first-order valence-corrected chi connectivity index (χ1v) is 9.14. The Labute approximate surface area is 151 Å². The van der Waals surface area contributed by atoms with Gasteiger partial charge in [0.15, 0.2) is 10.3 Å². The maximum atomic E-state index is 12.9. The normalized spacial score (nSPS) is 10.8. The molecule has 0 spiro atoms. The molecule has 130 valence electrons. The number of carbonyl (C=O) groups is 1. The lowest BCUT2D eigenvalue weighted by molar-refractivity contribution is -0.115. The van der Waals surface area contributed by atoms with Gasteiger partial charge in [-0.15, -0.1) is 21.5 Å². The molecular weight excluding hydrogens is 363 g/mol. The summed E-state index contributed by atoms with van der Waals surface area (Å²) in [5.74, 6) is 0.225. The predicted octanol–water partition coefficient (Wildman–Crippen LogP) is 2.32. The van der Waals surface area contributed by atoms with Crippen LogP contribution in [0.3, 0.4) is 0 Å². The molecule has 0 aliphatic carbocycles. The Bertz CT molecular complexity index is 877. The highest BCUT2D eigenvalue weighted by atomic mass is 32.2. The van der Waals surface area contributed by atoms with Crippen LogP contribution in [-0.2, 0) is 18.3 Å². The van der Waals surface area contributed by atoms with Crippen LogP contribution in [0.4, 0.5) is 15.2 Å². The fourth-order valence-electron chi connectivity index (χ4n) is 2.02. The first-order chi connectivity index (χ1) is 12.0. The lowest BCUT2D eigenvalue weighted by Gasteiger charge is -2.02. The number of thiazole rings is 1. The molecule has 0 aliphatic rings. The number of nitrogens with two attached hydrogens (primary N) is 1. The first-order valence-electron chi connectivity index (χ1n) is 7.27. The minimum absolute atomic E-state index is 0.161. The smallest absolute Gasteiger partial charge is 0.227 e. The van der Waals surface area contributed by atoms with Crippen molar-refractivity contribution in [3.8, 4) is 0 Å². The van der Waals surface area contributed by atoms with E-state index >= 15 is 0 Å². The molecule has 3 rings (SSSR count). The van der Waals surface area contributed by atoms with Crippen LogP contribution in [0, 0.1) is 5.82 Å². The van der Waals surface area contributed by atoms with E-state index in [1.165, 1.54) is 35.2 Å². The highest BCUT2D eigenvalue weighted by molar-refractivity contribution is 7.99. The molecule has 25 heavy (non-hydrogen) atoms. The van der Waals surface area contributed by atoms with Gasteiger partial charge in [0.25, 0.3) is 0 Å². The number of halogens is 1. The lowest BCUT2D eigenvalue weighted by atomic mass is 10.3. The molecular formula is C15H15FN6OS2. The SMILES string of the molecule is Cn1c(Cc2csc(Nc3ccc(F)cc3)n2)nnc1SCC(N)=O. The van der Waals surface area contributed by atoms with Crippen LogP contribution in [0.2, 0.25) is 0 Å². The topological polar surface area (TPSA) is 98.7 Å². The molecule has 3 N–H and O–H groups in total. The van der Waals surface area contributed by atoms with Crippen LogP contribution >= 0.6 is 23.1 Å². The number of nitrogens with zero attached hydrogens (tertiary/aromatic N) is 4. The summed E-state index contributed by atoms with van der Waals surface area (Å²) in [6, 6.07) is 6.09. The Kier molecular flexibility index (Phi) is 5.29. The molecule has 2 heterocycles. The number of thioether (sulfide) groups is 1. The second kappa shape index (κ2) is 7.62. The van der Waals surface area contributed by atoms with Crippen molar-refractivity contribution in [2.24, 2.45) is 12.8 Å². The van der Waals surface area contributed by atoms with Crippen LogP contribution in [0.5, 0.6) is 0 Å². The Morgan fingerprint density at radius 2 is 2.12 bits per heavy atom. The van der Waals surface area contributed by atoms with Gasteiger partial charge in [0.2, 0.25) is 5.91 Å². The van der Waals surface area contributed by atoms with Crippen molar-refractivity contribution in [1.82, 2.24) is 19.7 Å². The number of hydrogen-bond acceptors (Lipinski definition) is 7. The molecule has 3 aromatic rings. The summed E-state index contributed by atoms with van der Waals surface area (Å²) < 4.78 is 14.7. The summed E-state index contributed by atoms with van der Waals surface area (Å²) in [7, 11) is 1.84. The number of aromatic nitrogens is 4. The highest BCUT2D eigenvalue weighted by Gasteiger charge is 2.12. The van der Waals surface area contributed by atoms with Crippen molar-refractivity contribution >= 4 is 39.8 Å². The molecule has 7 nitrogen and oxygen atoms in total. The third-order valence-corrected chi connectivity index (χ3v) is 5.10. The number of anilines is 2. The number of hydrogen-bond donors (Lipinski definition) is 2. The molecule has 1 aromatic carbocycles. The summed E-state index contributed by atoms with van der Waals surface area (Å²) in [4.78, 5) is 15.4. The van der Waals surface area contributed by atoms with Crippen LogP contribution < -0.4 is 11.1 Å². The molecule has 0 fully saturated rings. The maximum Gasteiger partial charge on any atom is 0.227 e. The second-order valence-corrected chi connectivity index (χ2v) is 6.97. The molecule has 0 radical (unpaired) electrons. The van der Waals surface area contributed by atoms with E-state index < -0.39 is 5.91 Å². The zero-order valence-corrected chi connectivity index (χ0v) is 14.9. The molecule has 1 amide bonds. The number of rotatable bonds is 7.